The summed E-state index contributed by atoms with van der Waals surface area (Å²) in [6.45, 7) is 0. The molecule has 90 valence electrons. The second kappa shape index (κ2) is 4.23. The van der Waals surface area contributed by atoms with Crippen LogP contribution >= 0.6 is 11.3 Å². The zero-order valence-electron chi connectivity index (χ0n) is 9.28. The second-order valence-corrected chi connectivity index (χ2v) is 4.75. The number of carboxylic acid groups (broad SMARTS) is 1. The number of rotatable bonds is 3. The van der Waals surface area contributed by atoms with Crippen molar-refractivity contribution in [3.05, 3.63) is 41.5 Å². The second-order valence-electron chi connectivity index (χ2n) is 3.80. The highest BCUT2D eigenvalue weighted by Crippen LogP contribution is 2.22. The SMILES string of the molecule is O=C(O)Cc1cn2nc(-c3cccs3)ccc2n1. The van der Waals surface area contributed by atoms with Crippen molar-refractivity contribution >= 4 is 23.0 Å². The van der Waals surface area contributed by atoms with Crippen LogP contribution in [0.5, 0.6) is 0 Å². The summed E-state index contributed by atoms with van der Waals surface area (Å²) >= 11 is 1.61. The summed E-state index contributed by atoms with van der Waals surface area (Å²) in [5, 5.41) is 15.1. The molecule has 0 aliphatic carbocycles. The van der Waals surface area contributed by atoms with Gasteiger partial charge in [0.05, 0.1) is 23.2 Å². The van der Waals surface area contributed by atoms with E-state index < -0.39 is 5.97 Å². The predicted molar refractivity (Wildman–Crippen MR) is 67.6 cm³/mol. The molecular formula is C12H9N3O2S. The van der Waals surface area contributed by atoms with E-state index in [-0.39, 0.29) is 6.42 Å². The zero-order valence-corrected chi connectivity index (χ0v) is 10.1. The first-order valence-electron chi connectivity index (χ1n) is 5.33. The van der Waals surface area contributed by atoms with E-state index in [2.05, 4.69) is 10.1 Å². The van der Waals surface area contributed by atoms with Crippen LogP contribution < -0.4 is 0 Å². The van der Waals surface area contributed by atoms with E-state index in [1.165, 1.54) is 0 Å². The van der Waals surface area contributed by atoms with Gasteiger partial charge in [0, 0.05) is 0 Å². The number of hydrogen-bond donors (Lipinski definition) is 1. The summed E-state index contributed by atoms with van der Waals surface area (Å²) < 4.78 is 1.62. The Bertz CT molecular complexity index is 703. The van der Waals surface area contributed by atoms with Crippen molar-refractivity contribution in [3.63, 3.8) is 0 Å². The Morgan fingerprint density at radius 2 is 2.28 bits per heavy atom. The molecule has 3 rings (SSSR count). The first kappa shape index (κ1) is 10.9. The van der Waals surface area contributed by atoms with Crippen molar-refractivity contribution in [3.8, 4) is 10.6 Å². The lowest BCUT2D eigenvalue weighted by Crippen LogP contribution is -1.99. The fraction of sp³-hybridized carbons (Fsp3) is 0.0833. The van der Waals surface area contributed by atoms with Crippen LogP contribution in [-0.4, -0.2) is 25.7 Å². The largest absolute Gasteiger partial charge is 0.481 e. The van der Waals surface area contributed by atoms with Crippen molar-refractivity contribution in [1.82, 2.24) is 14.6 Å². The van der Waals surface area contributed by atoms with E-state index in [1.54, 1.807) is 22.0 Å². The number of fused-ring (bicyclic) bond motifs is 1. The van der Waals surface area contributed by atoms with Gasteiger partial charge in [-0.1, -0.05) is 6.07 Å². The van der Waals surface area contributed by atoms with Gasteiger partial charge < -0.3 is 5.11 Å². The first-order chi connectivity index (χ1) is 8.72. The molecule has 0 aromatic carbocycles. The molecular weight excluding hydrogens is 250 g/mol. The maximum atomic E-state index is 10.6. The molecule has 0 amide bonds. The number of aromatic nitrogens is 3. The smallest absolute Gasteiger partial charge is 0.309 e. The minimum absolute atomic E-state index is 0.0856. The summed E-state index contributed by atoms with van der Waals surface area (Å²) in [5.74, 6) is -0.892. The molecule has 0 aliphatic rings. The highest BCUT2D eigenvalue weighted by molar-refractivity contribution is 7.13. The molecule has 0 spiro atoms. The summed E-state index contributed by atoms with van der Waals surface area (Å²) in [5.41, 5.74) is 2.03. The molecule has 0 bridgehead atoms. The van der Waals surface area contributed by atoms with E-state index >= 15 is 0 Å². The highest BCUT2D eigenvalue weighted by Gasteiger charge is 2.08. The predicted octanol–water partition coefficient (Wildman–Crippen LogP) is 2.08. The summed E-state index contributed by atoms with van der Waals surface area (Å²) in [6, 6.07) is 7.69. The number of hydrogen-bond acceptors (Lipinski definition) is 4. The lowest BCUT2D eigenvalue weighted by Gasteiger charge is -1.97. The average molecular weight is 259 g/mol. The van der Waals surface area contributed by atoms with Crippen molar-refractivity contribution in [1.29, 1.82) is 0 Å². The Kier molecular flexibility index (Phi) is 2.56. The highest BCUT2D eigenvalue weighted by atomic mass is 32.1. The van der Waals surface area contributed by atoms with Gasteiger partial charge in [-0.25, -0.2) is 9.50 Å². The molecule has 3 heterocycles. The maximum absolute atomic E-state index is 10.6. The van der Waals surface area contributed by atoms with Gasteiger partial charge in [0.1, 0.15) is 5.69 Å². The third-order valence-corrected chi connectivity index (χ3v) is 3.37. The van der Waals surface area contributed by atoms with Gasteiger partial charge in [-0.05, 0) is 23.6 Å². The van der Waals surface area contributed by atoms with Gasteiger partial charge in [-0.2, -0.15) is 5.10 Å². The molecule has 0 unspecified atom stereocenters. The first-order valence-corrected chi connectivity index (χ1v) is 6.21. The molecule has 0 aliphatic heterocycles. The van der Waals surface area contributed by atoms with Gasteiger partial charge in [0.25, 0.3) is 0 Å². The van der Waals surface area contributed by atoms with Crippen molar-refractivity contribution < 1.29 is 9.90 Å². The van der Waals surface area contributed by atoms with E-state index in [1.807, 2.05) is 29.6 Å². The number of thiophene rings is 1. The van der Waals surface area contributed by atoms with Crippen LogP contribution in [0.4, 0.5) is 0 Å². The summed E-state index contributed by atoms with van der Waals surface area (Å²) in [4.78, 5) is 15.9. The summed E-state index contributed by atoms with van der Waals surface area (Å²) in [7, 11) is 0. The number of carboxylic acids is 1. The fourth-order valence-electron chi connectivity index (χ4n) is 1.73. The normalized spacial score (nSPS) is 10.9. The number of nitrogens with zero attached hydrogens (tertiary/aromatic N) is 3. The summed E-state index contributed by atoms with van der Waals surface area (Å²) in [6.07, 6.45) is 1.57. The Hall–Kier alpha value is -2.21. The fourth-order valence-corrected chi connectivity index (χ4v) is 2.42. The van der Waals surface area contributed by atoms with E-state index in [0.717, 1.165) is 10.6 Å². The van der Waals surface area contributed by atoms with Gasteiger partial charge in [0.15, 0.2) is 5.65 Å². The van der Waals surface area contributed by atoms with Crippen LogP contribution in [0.15, 0.2) is 35.8 Å². The van der Waals surface area contributed by atoms with E-state index in [0.29, 0.717) is 11.3 Å². The Balaban J connectivity index is 2.04. The van der Waals surface area contributed by atoms with E-state index in [9.17, 15) is 4.79 Å². The standard InChI is InChI=1S/C12H9N3O2S/c16-12(17)6-8-7-15-11(13-8)4-3-9(14-15)10-2-1-5-18-10/h1-5,7H,6H2,(H,16,17). The molecule has 0 saturated carbocycles. The monoisotopic (exact) mass is 259 g/mol. The van der Waals surface area contributed by atoms with Crippen molar-refractivity contribution in [2.24, 2.45) is 0 Å². The Morgan fingerprint density at radius 1 is 1.39 bits per heavy atom. The number of aliphatic carboxylic acids is 1. The van der Waals surface area contributed by atoms with Crippen LogP contribution in [0.3, 0.4) is 0 Å². The third kappa shape index (κ3) is 1.98. The number of carbonyl (C=O) groups is 1. The maximum Gasteiger partial charge on any atom is 0.309 e. The molecule has 0 atom stereocenters. The molecule has 1 N–H and O–H groups in total. The lowest BCUT2D eigenvalue weighted by molar-refractivity contribution is -0.136. The minimum Gasteiger partial charge on any atom is -0.481 e. The van der Waals surface area contributed by atoms with Crippen molar-refractivity contribution in [2.45, 2.75) is 6.42 Å². The quantitative estimate of drug-likeness (QED) is 0.782. The minimum atomic E-state index is -0.892. The van der Waals surface area contributed by atoms with Gasteiger partial charge in [0.2, 0.25) is 0 Å². The third-order valence-electron chi connectivity index (χ3n) is 2.48. The molecule has 5 nitrogen and oxygen atoms in total. The molecule has 0 fully saturated rings. The number of imidazole rings is 1. The molecule has 3 aromatic rings. The molecule has 3 aromatic heterocycles. The molecule has 0 saturated heterocycles. The van der Waals surface area contributed by atoms with Gasteiger partial charge >= 0.3 is 5.97 Å². The van der Waals surface area contributed by atoms with Crippen LogP contribution in [0, 0.1) is 0 Å². The topological polar surface area (TPSA) is 67.5 Å². The van der Waals surface area contributed by atoms with Crippen molar-refractivity contribution in [2.75, 3.05) is 0 Å². The lowest BCUT2D eigenvalue weighted by atomic mass is 10.3. The van der Waals surface area contributed by atoms with Crippen LogP contribution in [0.2, 0.25) is 0 Å². The Morgan fingerprint density at radius 3 is 3.00 bits per heavy atom. The Labute approximate surface area is 106 Å². The molecule has 6 heteroatoms. The van der Waals surface area contributed by atoms with Gasteiger partial charge in [-0.3, -0.25) is 4.79 Å². The van der Waals surface area contributed by atoms with Crippen LogP contribution in [0.1, 0.15) is 5.69 Å². The molecule has 0 radical (unpaired) electrons. The average Bonchev–Trinajstić information content (AvgIpc) is 2.94. The van der Waals surface area contributed by atoms with E-state index in [4.69, 9.17) is 5.11 Å². The van der Waals surface area contributed by atoms with Crippen LogP contribution in [-0.2, 0) is 11.2 Å². The van der Waals surface area contributed by atoms with Crippen LogP contribution in [0.25, 0.3) is 16.2 Å². The molecule has 18 heavy (non-hydrogen) atoms. The van der Waals surface area contributed by atoms with Gasteiger partial charge in [-0.15, -0.1) is 11.3 Å². The zero-order chi connectivity index (χ0) is 12.5.